The lowest BCUT2D eigenvalue weighted by Gasteiger charge is -2.42. The summed E-state index contributed by atoms with van der Waals surface area (Å²) in [6.07, 6.45) is 1.97. The molecule has 1 heterocycles. The topological polar surface area (TPSA) is 78.9 Å². The number of benzene rings is 1. The van der Waals surface area contributed by atoms with Gasteiger partial charge in [0.2, 0.25) is 0 Å². The number of urea groups is 1. The summed E-state index contributed by atoms with van der Waals surface area (Å²) in [5.74, 6) is 0.622. The minimum absolute atomic E-state index is 0.0260. The van der Waals surface area contributed by atoms with Crippen LogP contribution < -0.4 is 10.1 Å². The van der Waals surface area contributed by atoms with Gasteiger partial charge in [-0.3, -0.25) is 9.69 Å². The van der Waals surface area contributed by atoms with Crippen LogP contribution in [0.5, 0.6) is 5.75 Å². The Bertz CT molecular complexity index is 663. The summed E-state index contributed by atoms with van der Waals surface area (Å²) in [7, 11) is 0. The Morgan fingerprint density at radius 1 is 1.23 bits per heavy atom. The zero-order valence-corrected chi connectivity index (χ0v) is 15.7. The molecule has 1 aromatic rings. The van der Waals surface area contributed by atoms with E-state index in [1.54, 1.807) is 0 Å². The van der Waals surface area contributed by atoms with Crippen molar-refractivity contribution in [3.63, 3.8) is 0 Å². The van der Waals surface area contributed by atoms with Crippen molar-refractivity contribution >= 4 is 11.9 Å². The zero-order valence-electron chi connectivity index (χ0n) is 15.7. The number of β-amino-alcohol motifs (C(OH)–C–C–N with tert-alkyl or cyclic N) is 1. The highest BCUT2D eigenvalue weighted by Gasteiger charge is 2.58. The maximum Gasteiger partial charge on any atom is 0.325 e. The summed E-state index contributed by atoms with van der Waals surface area (Å²) < 4.78 is 5.56. The molecule has 1 saturated heterocycles. The van der Waals surface area contributed by atoms with Gasteiger partial charge in [-0.05, 0) is 43.7 Å². The van der Waals surface area contributed by atoms with Crippen molar-refractivity contribution in [3.05, 3.63) is 29.8 Å². The summed E-state index contributed by atoms with van der Waals surface area (Å²) in [5.41, 5.74) is 0.297. The second kappa shape index (κ2) is 7.27. The third-order valence-corrected chi connectivity index (χ3v) is 5.84. The average Bonchev–Trinajstić information content (AvgIpc) is 2.85. The van der Waals surface area contributed by atoms with E-state index in [0.29, 0.717) is 5.75 Å². The molecule has 2 fully saturated rings. The minimum Gasteiger partial charge on any atom is -0.491 e. The molecular formula is C20H28N2O4. The second-order valence-corrected chi connectivity index (χ2v) is 7.73. The van der Waals surface area contributed by atoms with Crippen molar-refractivity contribution in [2.75, 3.05) is 13.2 Å². The molecule has 3 rings (SSSR count). The molecule has 1 aromatic carbocycles. The van der Waals surface area contributed by atoms with E-state index in [9.17, 15) is 14.7 Å². The quantitative estimate of drug-likeness (QED) is 0.791. The van der Waals surface area contributed by atoms with Crippen molar-refractivity contribution in [2.24, 2.45) is 11.8 Å². The van der Waals surface area contributed by atoms with Gasteiger partial charge in [0.05, 0.1) is 6.54 Å². The van der Waals surface area contributed by atoms with Gasteiger partial charge in [-0.15, -0.1) is 0 Å². The van der Waals surface area contributed by atoms with Crippen LogP contribution in [-0.2, 0) is 4.79 Å². The number of carbonyl (C=O) groups is 2. The fourth-order valence-electron chi connectivity index (χ4n) is 4.21. The highest BCUT2D eigenvalue weighted by atomic mass is 16.5. The van der Waals surface area contributed by atoms with Gasteiger partial charge in [0.15, 0.2) is 0 Å². The maximum atomic E-state index is 13.1. The zero-order chi connectivity index (χ0) is 18.9. The average molecular weight is 360 g/mol. The van der Waals surface area contributed by atoms with Gasteiger partial charge in [-0.2, -0.15) is 0 Å². The number of aliphatic hydroxyl groups is 1. The molecule has 0 aromatic heterocycles. The van der Waals surface area contributed by atoms with E-state index >= 15 is 0 Å². The van der Waals surface area contributed by atoms with Crippen LogP contribution in [0.25, 0.3) is 0 Å². The third-order valence-electron chi connectivity index (χ3n) is 5.84. The fraction of sp³-hybridized carbons (Fsp3) is 0.600. The van der Waals surface area contributed by atoms with Gasteiger partial charge in [-0.25, -0.2) is 4.79 Å². The predicted molar refractivity (Wildman–Crippen MR) is 97.8 cm³/mol. The molecule has 1 spiro atoms. The van der Waals surface area contributed by atoms with Crippen LogP contribution in [0.15, 0.2) is 24.3 Å². The van der Waals surface area contributed by atoms with E-state index in [4.69, 9.17) is 4.74 Å². The Morgan fingerprint density at radius 3 is 2.46 bits per heavy atom. The fourth-order valence-corrected chi connectivity index (χ4v) is 4.21. The molecule has 2 N–H and O–H groups in total. The number of amides is 3. The van der Waals surface area contributed by atoms with E-state index in [0.717, 1.165) is 29.7 Å². The number of hydrogen-bond acceptors (Lipinski definition) is 4. The number of ether oxygens (including phenoxy) is 1. The molecule has 6 nitrogen and oxygen atoms in total. The number of nitrogens with zero attached hydrogens (tertiary/aromatic N) is 1. The first-order valence-corrected chi connectivity index (χ1v) is 9.36. The lowest BCUT2D eigenvalue weighted by molar-refractivity contribution is -0.137. The number of aliphatic hydroxyl groups excluding tert-OH is 1. The van der Waals surface area contributed by atoms with Crippen LogP contribution in [0, 0.1) is 18.8 Å². The van der Waals surface area contributed by atoms with Gasteiger partial charge < -0.3 is 15.2 Å². The summed E-state index contributed by atoms with van der Waals surface area (Å²) in [6, 6.07) is 7.10. The van der Waals surface area contributed by atoms with Gasteiger partial charge in [-0.1, -0.05) is 38.0 Å². The number of carbonyl (C=O) groups excluding carboxylic acids is 2. The van der Waals surface area contributed by atoms with E-state index < -0.39 is 17.7 Å². The Labute approximate surface area is 154 Å². The Morgan fingerprint density at radius 2 is 1.85 bits per heavy atom. The lowest BCUT2D eigenvalue weighted by Crippen LogP contribution is -2.59. The van der Waals surface area contributed by atoms with Crippen molar-refractivity contribution < 1.29 is 19.4 Å². The predicted octanol–water partition coefficient (Wildman–Crippen LogP) is 2.48. The molecule has 1 aliphatic heterocycles. The first-order valence-electron chi connectivity index (χ1n) is 9.36. The smallest absolute Gasteiger partial charge is 0.325 e. The highest BCUT2D eigenvalue weighted by molar-refractivity contribution is 6.07. The lowest BCUT2D eigenvalue weighted by atomic mass is 9.67. The standard InChI is InChI=1S/C20H28N2O4/c1-13-7-9-17(10-8-13)26-12-16(23)11-22-18(24)20(21-19(22)25)14(2)5-4-6-15(20)3/h7-10,14-16,23H,4-6,11-12H2,1-3H3,(H,21,25). The van der Waals surface area contributed by atoms with Gasteiger partial charge in [0.25, 0.3) is 5.91 Å². The molecule has 0 bridgehead atoms. The molecule has 142 valence electrons. The second-order valence-electron chi connectivity index (χ2n) is 7.73. The van der Waals surface area contributed by atoms with E-state index in [1.807, 2.05) is 45.0 Å². The molecule has 3 amide bonds. The maximum absolute atomic E-state index is 13.1. The number of nitrogens with one attached hydrogen (secondary N) is 1. The molecule has 6 heteroatoms. The Kier molecular flexibility index (Phi) is 5.23. The van der Waals surface area contributed by atoms with Crippen molar-refractivity contribution in [1.29, 1.82) is 0 Å². The molecule has 1 saturated carbocycles. The molecule has 1 aliphatic carbocycles. The highest BCUT2D eigenvalue weighted by Crippen LogP contribution is 2.42. The van der Waals surface area contributed by atoms with Crippen molar-refractivity contribution in [3.8, 4) is 5.75 Å². The van der Waals surface area contributed by atoms with Gasteiger partial charge >= 0.3 is 6.03 Å². The molecule has 26 heavy (non-hydrogen) atoms. The molecule has 3 atom stereocenters. The molecule has 2 aliphatic rings. The van der Waals surface area contributed by atoms with Crippen LogP contribution in [0.1, 0.15) is 38.7 Å². The number of rotatable bonds is 5. The number of imide groups is 1. The largest absolute Gasteiger partial charge is 0.491 e. The van der Waals surface area contributed by atoms with Crippen molar-refractivity contribution in [1.82, 2.24) is 10.2 Å². The third kappa shape index (κ3) is 3.30. The summed E-state index contributed by atoms with van der Waals surface area (Å²) >= 11 is 0. The van der Waals surface area contributed by atoms with Crippen LogP contribution in [0.2, 0.25) is 0 Å². The van der Waals surface area contributed by atoms with Crippen LogP contribution in [-0.4, -0.2) is 46.7 Å². The minimum atomic E-state index is -0.935. The summed E-state index contributed by atoms with van der Waals surface area (Å²) in [6.45, 7) is 6.00. The van der Waals surface area contributed by atoms with Crippen LogP contribution >= 0.6 is 0 Å². The summed E-state index contributed by atoms with van der Waals surface area (Å²) in [5, 5.41) is 13.2. The van der Waals surface area contributed by atoms with E-state index in [1.165, 1.54) is 0 Å². The molecular weight excluding hydrogens is 332 g/mol. The van der Waals surface area contributed by atoms with Gasteiger partial charge in [0, 0.05) is 0 Å². The first-order chi connectivity index (χ1) is 12.3. The van der Waals surface area contributed by atoms with E-state index in [2.05, 4.69) is 5.32 Å². The van der Waals surface area contributed by atoms with Gasteiger partial charge in [0.1, 0.15) is 24.0 Å². The Hall–Kier alpha value is -2.08. The molecule has 0 radical (unpaired) electrons. The number of hydrogen-bond donors (Lipinski definition) is 2. The molecule has 3 unspecified atom stereocenters. The summed E-state index contributed by atoms with van der Waals surface area (Å²) in [4.78, 5) is 26.6. The van der Waals surface area contributed by atoms with E-state index in [-0.39, 0.29) is 30.9 Å². The number of aryl methyl sites for hydroxylation is 1. The normalized spacial score (nSPS) is 29.8. The SMILES string of the molecule is Cc1ccc(OCC(O)CN2C(=O)NC3(C2=O)C(C)CCCC3C)cc1. The first kappa shape index (κ1) is 18.7. The Balaban J connectivity index is 1.63. The van der Waals surface area contributed by atoms with Crippen LogP contribution in [0.3, 0.4) is 0 Å². The monoisotopic (exact) mass is 360 g/mol. The van der Waals surface area contributed by atoms with Crippen LogP contribution in [0.4, 0.5) is 4.79 Å². The van der Waals surface area contributed by atoms with Crippen molar-refractivity contribution in [2.45, 2.75) is 51.7 Å².